The lowest BCUT2D eigenvalue weighted by Crippen LogP contribution is -2.56. The zero-order chi connectivity index (χ0) is 13.7. The van der Waals surface area contributed by atoms with Crippen LogP contribution in [0.15, 0.2) is 0 Å². The molecule has 19 heavy (non-hydrogen) atoms. The molecule has 0 aromatic rings. The zero-order valence-electron chi connectivity index (χ0n) is 12.0. The molecule has 0 radical (unpaired) electrons. The van der Waals surface area contributed by atoms with E-state index in [1.54, 1.807) is 0 Å². The third-order valence-electron chi connectivity index (χ3n) is 4.78. The van der Waals surface area contributed by atoms with E-state index in [0.29, 0.717) is 12.5 Å². The third-order valence-corrected chi connectivity index (χ3v) is 4.78. The summed E-state index contributed by atoms with van der Waals surface area (Å²) in [5.74, 6) is 0.918. The van der Waals surface area contributed by atoms with Crippen LogP contribution in [0.5, 0.6) is 0 Å². The van der Waals surface area contributed by atoms with Crippen LogP contribution < -0.4 is 10.6 Å². The number of nitrogens with one attached hydrogen (secondary N) is 2. The minimum Gasteiger partial charge on any atom is -0.396 e. The van der Waals surface area contributed by atoms with Crippen molar-refractivity contribution in [1.82, 2.24) is 10.6 Å². The monoisotopic (exact) mass is 268 g/mol. The van der Waals surface area contributed by atoms with E-state index in [1.807, 2.05) is 6.92 Å². The van der Waals surface area contributed by atoms with Crippen molar-refractivity contribution in [3.05, 3.63) is 0 Å². The van der Waals surface area contributed by atoms with Gasteiger partial charge in [-0.2, -0.15) is 0 Å². The minimum atomic E-state index is -0.0212. The molecule has 1 amide bonds. The maximum absolute atomic E-state index is 12.3. The van der Waals surface area contributed by atoms with Crippen LogP contribution >= 0.6 is 0 Å². The van der Waals surface area contributed by atoms with Gasteiger partial charge < -0.3 is 15.7 Å². The maximum atomic E-state index is 12.3. The molecule has 110 valence electrons. The predicted octanol–water partition coefficient (Wildman–Crippen LogP) is 1.57. The van der Waals surface area contributed by atoms with Gasteiger partial charge in [0.05, 0.1) is 6.04 Å². The van der Waals surface area contributed by atoms with Crippen LogP contribution in [0.25, 0.3) is 0 Å². The van der Waals surface area contributed by atoms with Crippen LogP contribution in [0.1, 0.15) is 58.3 Å². The van der Waals surface area contributed by atoms with E-state index in [2.05, 4.69) is 10.6 Å². The molecule has 1 aliphatic heterocycles. The first kappa shape index (κ1) is 14.8. The summed E-state index contributed by atoms with van der Waals surface area (Å²) in [6, 6.07) is 0.645. The van der Waals surface area contributed by atoms with Gasteiger partial charge in [-0.1, -0.05) is 19.8 Å². The largest absolute Gasteiger partial charge is 0.396 e. The van der Waals surface area contributed by atoms with E-state index in [0.717, 1.165) is 18.8 Å². The number of carbonyl (C=O) groups excluding carboxylic acids is 1. The quantitative estimate of drug-likeness (QED) is 0.709. The highest BCUT2D eigenvalue weighted by Gasteiger charge is 2.34. The van der Waals surface area contributed by atoms with Gasteiger partial charge in [0.15, 0.2) is 0 Å². The number of fused-ring (bicyclic) bond motifs is 1. The van der Waals surface area contributed by atoms with Gasteiger partial charge in [-0.05, 0) is 44.4 Å². The van der Waals surface area contributed by atoms with Crippen LogP contribution in [0, 0.1) is 5.92 Å². The maximum Gasteiger partial charge on any atom is 0.237 e. The average Bonchev–Trinajstić information content (AvgIpc) is 2.46. The Morgan fingerprint density at radius 2 is 2.11 bits per heavy atom. The van der Waals surface area contributed by atoms with E-state index in [9.17, 15) is 4.79 Å². The fraction of sp³-hybridized carbons (Fsp3) is 0.933. The third kappa shape index (κ3) is 3.93. The SMILES string of the molecule is CCC(CCO)NC(=O)C1CCC2CCCCC2N1. The zero-order valence-corrected chi connectivity index (χ0v) is 12.0. The molecule has 0 aromatic heterocycles. The van der Waals surface area contributed by atoms with Crippen molar-refractivity contribution >= 4 is 5.91 Å². The summed E-state index contributed by atoms with van der Waals surface area (Å²) in [6.07, 6.45) is 8.89. The summed E-state index contributed by atoms with van der Waals surface area (Å²) in [5, 5.41) is 15.6. The molecule has 1 heterocycles. The standard InChI is InChI=1S/C15H28N2O2/c1-2-12(9-10-18)16-15(19)14-8-7-11-5-3-4-6-13(11)17-14/h11-14,17-18H,2-10H2,1H3,(H,16,19). The first-order valence-corrected chi connectivity index (χ1v) is 7.91. The Morgan fingerprint density at radius 1 is 1.32 bits per heavy atom. The minimum absolute atomic E-state index is 0.0212. The Hall–Kier alpha value is -0.610. The molecule has 4 heteroatoms. The van der Waals surface area contributed by atoms with Gasteiger partial charge in [-0.3, -0.25) is 4.79 Å². The van der Waals surface area contributed by atoms with Gasteiger partial charge in [-0.15, -0.1) is 0 Å². The molecule has 1 aliphatic carbocycles. The molecular formula is C15H28N2O2. The number of amides is 1. The highest BCUT2D eigenvalue weighted by molar-refractivity contribution is 5.82. The number of piperidine rings is 1. The van der Waals surface area contributed by atoms with Crippen molar-refractivity contribution in [2.24, 2.45) is 5.92 Å². The van der Waals surface area contributed by atoms with Crippen LogP contribution in [0.2, 0.25) is 0 Å². The van der Waals surface area contributed by atoms with E-state index in [-0.39, 0.29) is 24.6 Å². The lowest BCUT2D eigenvalue weighted by molar-refractivity contribution is -0.125. The summed E-state index contributed by atoms with van der Waals surface area (Å²) in [4.78, 5) is 12.3. The summed E-state index contributed by atoms with van der Waals surface area (Å²) >= 11 is 0. The van der Waals surface area contributed by atoms with Gasteiger partial charge in [0, 0.05) is 18.7 Å². The molecule has 0 spiro atoms. The predicted molar refractivity (Wildman–Crippen MR) is 75.8 cm³/mol. The molecule has 2 fully saturated rings. The Kier molecular flexibility index (Phi) is 5.64. The van der Waals surface area contributed by atoms with E-state index < -0.39 is 0 Å². The second-order valence-corrected chi connectivity index (χ2v) is 6.07. The van der Waals surface area contributed by atoms with Gasteiger partial charge in [0.1, 0.15) is 0 Å². The lowest BCUT2D eigenvalue weighted by Gasteiger charge is -2.40. The molecule has 3 N–H and O–H groups in total. The van der Waals surface area contributed by atoms with Crippen molar-refractivity contribution in [3.8, 4) is 0 Å². The number of aliphatic hydroxyl groups is 1. The fourth-order valence-electron chi connectivity index (χ4n) is 3.54. The Balaban J connectivity index is 1.82. The number of aliphatic hydroxyl groups excluding tert-OH is 1. The molecule has 4 unspecified atom stereocenters. The van der Waals surface area contributed by atoms with Crippen LogP contribution in [0.4, 0.5) is 0 Å². The smallest absolute Gasteiger partial charge is 0.237 e. The first-order valence-electron chi connectivity index (χ1n) is 7.91. The molecule has 1 saturated heterocycles. The van der Waals surface area contributed by atoms with E-state index in [4.69, 9.17) is 5.11 Å². The van der Waals surface area contributed by atoms with Crippen molar-refractivity contribution < 1.29 is 9.90 Å². The van der Waals surface area contributed by atoms with Gasteiger partial charge in [0.25, 0.3) is 0 Å². The molecule has 2 aliphatic rings. The van der Waals surface area contributed by atoms with Gasteiger partial charge >= 0.3 is 0 Å². The van der Waals surface area contributed by atoms with Crippen LogP contribution in [-0.4, -0.2) is 35.7 Å². The van der Waals surface area contributed by atoms with Gasteiger partial charge in [0.2, 0.25) is 5.91 Å². The normalized spacial score (nSPS) is 32.4. The molecule has 2 rings (SSSR count). The molecular weight excluding hydrogens is 240 g/mol. The first-order chi connectivity index (χ1) is 9.24. The highest BCUT2D eigenvalue weighted by Crippen LogP contribution is 2.32. The van der Waals surface area contributed by atoms with Crippen LogP contribution in [0.3, 0.4) is 0 Å². The van der Waals surface area contributed by atoms with Gasteiger partial charge in [-0.25, -0.2) is 0 Å². The van der Waals surface area contributed by atoms with E-state index >= 15 is 0 Å². The van der Waals surface area contributed by atoms with E-state index in [1.165, 1.54) is 32.1 Å². The molecule has 1 saturated carbocycles. The number of hydrogen-bond acceptors (Lipinski definition) is 3. The summed E-state index contributed by atoms with van der Waals surface area (Å²) < 4.78 is 0. The Morgan fingerprint density at radius 3 is 2.84 bits per heavy atom. The molecule has 4 nitrogen and oxygen atoms in total. The topological polar surface area (TPSA) is 61.4 Å². The van der Waals surface area contributed by atoms with Crippen molar-refractivity contribution in [3.63, 3.8) is 0 Å². The molecule has 0 bridgehead atoms. The summed E-state index contributed by atoms with van der Waals surface area (Å²) in [7, 11) is 0. The number of carbonyl (C=O) groups is 1. The Bertz CT molecular complexity index is 296. The summed E-state index contributed by atoms with van der Waals surface area (Å²) in [5.41, 5.74) is 0. The fourth-order valence-corrected chi connectivity index (χ4v) is 3.54. The number of rotatable bonds is 5. The van der Waals surface area contributed by atoms with Crippen molar-refractivity contribution in [2.45, 2.75) is 76.4 Å². The highest BCUT2D eigenvalue weighted by atomic mass is 16.3. The van der Waals surface area contributed by atoms with Crippen molar-refractivity contribution in [2.75, 3.05) is 6.61 Å². The Labute approximate surface area is 116 Å². The lowest BCUT2D eigenvalue weighted by atomic mass is 9.77. The molecule has 4 atom stereocenters. The van der Waals surface area contributed by atoms with Crippen molar-refractivity contribution in [1.29, 1.82) is 0 Å². The number of hydrogen-bond donors (Lipinski definition) is 3. The average molecular weight is 268 g/mol. The second kappa shape index (κ2) is 7.25. The second-order valence-electron chi connectivity index (χ2n) is 6.07. The summed E-state index contributed by atoms with van der Waals surface area (Å²) in [6.45, 7) is 2.19. The molecule has 0 aromatic carbocycles. The van der Waals surface area contributed by atoms with Crippen LogP contribution in [-0.2, 0) is 4.79 Å².